The highest BCUT2D eigenvalue weighted by Gasteiger charge is 2.60. The average molecular weight is 483 g/mol. The van der Waals surface area contributed by atoms with Gasteiger partial charge in [0.15, 0.2) is 11.6 Å². The predicted octanol–water partition coefficient (Wildman–Crippen LogP) is 5.46. The van der Waals surface area contributed by atoms with Gasteiger partial charge in [0.05, 0.1) is 15.5 Å². The summed E-state index contributed by atoms with van der Waals surface area (Å²) in [6, 6.07) is 7.26. The summed E-state index contributed by atoms with van der Waals surface area (Å²) in [6.07, 6.45) is 2.78. The fourth-order valence-corrected chi connectivity index (χ4v) is 7.22. The van der Waals surface area contributed by atoms with E-state index in [1.165, 1.54) is 24.3 Å². The molecule has 1 saturated heterocycles. The van der Waals surface area contributed by atoms with Gasteiger partial charge in [0.2, 0.25) is 10.0 Å². The number of hydrogen-bond acceptors (Lipinski definition) is 3. The monoisotopic (exact) mass is 482 g/mol. The summed E-state index contributed by atoms with van der Waals surface area (Å²) in [5.41, 5.74) is -0.280. The number of benzene rings is 2. The fourth-order valence-electron chi connectivity index (χ4n) is 5.03. The minimum Gasteiger partial charge on any atom is -0.322 e. The number of nitrogens with zero attached hydrogens (tertiary/aromatic N) is 1. The molecule has 4 rings (SSSR count). The molecule has 32 heavy (non-hydrogen) atoms. The highest BCUT2D eigenvalue weighted by Crippen LogP contribution is 2.58. The Labute approximate surface area is 191 Å². The van der Waals surface area contributed by atoms with Crippen LogP contribution in [0.2, 0.25) is 5.02 Å². The van der Waals surface area contributed by atoms with Crippen LogP contribution in [0.25, 0.3) is 0 Å². The Balaban J connectivity index is 1.62. The molecule has 0 radical (unpaired) electrons. The lowest BCUT2D eigenvalue weighted by Gasteiger charge is -2.44. The van der Waals surface area contributed by atoms with Crippen molar-refractivity contribution >= 4 is 33.2 Å². The third-order valence-electron chi connectivity index (χ3n) is 7.40. The fraction of sp³-hybridized carbons (Fsp3) is 0.435. The van der Waals surface area contributed by atoms with Crippen molar-refractivity contribution < 1.29 is 22.0 Å². The van der Waals surface area contributed by atoms with Crippen molar-refractivity contribution in [3.63, 3.8) is 0 Å². The maximum Gasteiger partial charge on any atom is 0.257 e. The van der Waals surface area contributed by atoms with E-state index < -0.39 is 27.6 Å². The molecule has 2 aromatic carbocycles. The zero-order valence-electron chi connectivity index (χ0n) is 18.1. The zero-order valence-corrected chi connectivity index (χ0v) is 19.7. The van der Waals surface area contributed by atoms with Gasteiger partial charge in [-0.2, -0.15) is 4.31 Å². The van der Waals surface area contributed by atoms with E-state index in [9.17, 15) is 22.0 Å². The number of carbonyl (C=O) groups is 1. The van der Waals surface area contributed by atoms with E-state index in [0.29, 0.717) is 12.6 Å². The van der Waals surface area contributed by atoms with Crippen LogP contribution < -0.4 is 5.32 Å². The largest absolute Gasteiger partial charge is 0.322 e. The number of halogens is 3. The smallest absolute Gasteiger partial charge is 0.257 e. The van der Waals surface area contributed by atoms with Gasteiger partial charge in [0, 0.05) is 18.3 Å². The predicted molar refractivity (Wildman–Crippen MR) is 119 cm³/mol. The quantitative estimate of drug-likeness (QED) is 0.588. The lowest BCUT2D eigenvalue weighted by Crippen LogP contribution is -2.44. The van der Waals surface area contributed by atoms with Gasteiger partial charge in [0.25, 0.3) is 5.91 Å². The van der Waals surface area contributed by atoms with Crippen LogP contribution in [0, 0.1) is 22.5 Å². The van der Waals surface area contributed by atoms with Crippen molar-refractivity contribution in [2.45, 2.75) is 51.0 Å². The number of nitrogens with one attached hydrogen (secondary N) is 1. The summed E-state index contributed by atoms with van der Waals surface area (Å²) < 4.78 is 55.6. The van der Waals surface area contributed by atoms with Gasteiger partial charge in [-0.15, -0.1) is 0 Å². The summed E-state index contributed by atoms with van der Waals surface area (Å²) in [6.45, 7) is 6.87. The van der Waals surface area contributed by atoms with E-state index in [0.717, 1.165) is 25.3 Å². The van der Waals surface area contributed by atoms with Crippen molar-refractivity contribution in [2.24, 2.45) is 10.8 Å². The first-order chi connectivity index (χ1) is 14.9. The third-order valence-corrected chi connectivity index (χ3v) is 9.56. The van der Waals surface area contributed by atoms with Crippen molar-refractivity contribution in [1.82, 2.24) is 4.31 Å². The Kier molecular flexibility index (Phi) is 5.63. The van der Waals surface area contributed by atoms with Crippen LogP contribution in [0.1, 0.15) is 50.4 Å². The molecule has 9 heteroatoms. The number of fused-ring (bicyclic) bond motifs is 2. The molecular weight excluding hydrogens is 458 g/mol. The summed E-state index contributed by atoms with van der Waals surface area (Å²) >= 11 is 5.87. The molecule has 5 nitrogen and oxygen atoms in total. The van der Waals surface area contributed by atoms with Crippen LogP contribution >= 0.6 is 11.6 Å². The van der Waals surface area contributed by atoms with E-state index in [4.69, 9.17) is 11.6 Å². The highest BCUT2D eigenvalue weighted by molar-refractivity contribution is 7.89. The Bertz CT molecular complexity index is 1200. The molecular formula is C23H25ClF2N2O3S. The second-order valence-electron chi connectivity index (χ2n) is 9.47. The van der Waals surface area contributed by atoms with Gasteiger partial charge in [-0.3, -0.25) is 4.79 Å². The Hall–Kier alpha value is -2.03. The molecule has 1 aliphatic carbocycles. The highest BCUT2D eigenvalue weighted by atomic mass is 35.5. The van der Waals surface area contributed by atoms with Crippen LogP contribution in [0.3, 0.4) is 0 Å². The molecule has 1 saturated carbocycles. The maximum absolute atomic E-state index is 13.6. The number of sulfonamides is 1. The number of amides is 1. The molecule has 1 amide bonds. The number of carbonyl (C=O) groups excluding carboxylic acids is 1. The van der Waals surface area contributed by atoms with E-state index >= 15 is 0 Å². The second-order valence-corrected chi connectivity index (χ2v) is 11.8. The summed E-state index contributed by atoms with van der Waals surface area (Å²) in [4.78, 5) is 12.6. The van der Waals surface area contributed by atoms with Crippen LogP contribution in [0.5, 0.6) is 0 Å². The minimum atomic E-state index is -3.80. The molecule has 1 N–H and O–H groups in total. The van der Waals surface area contributed by atoms with Gasteiger partial charge in [-0.1, -0.05) is 44.9 Å². The molecule has 172 valence electrons. The Morgan fingerprint density at radius 1 is 1.16 bits per heavy atom. The first-order valence-electron chi connectivity index (χ1n) is 10.4. The molecule has 0 aromatic heterocycles. The van der Waals surface area contributed by atoms with Crippen LogP contribution in [-0.4, -0.2) is 31.2 Å². The molecule has 2 unspecified atom stereocenters. The summed E-state index contributed by atoms with van der Waals surface area (Å²) in [7, 11) is -3.80. The van der Waals surface area contributed by atoms with Gasteiger partial charge < -0.3 is 5.32 Å². The van der Waals surface area contributed by atoms with Gasteiger partial charge >= 0.3 is 0 Å². The topological polar surface area (TPSA) is 66.5 Å². The van der Waals surface area contributed by atoms with Crippen LogP contribution in [0.4, 0.5) is 14.5 Å². The summed E-state index contributed by atoms with van der Waals surface area (Å²) in [5.74, 6) is -3.13. The number of hydrogen-bond donors (Lipinski definition) is 1. The van der Waals surface area contributed by atoms with E-state index in [1.807, 2.05) is 0 Å². The third kappa shape index (κ3) is 3.62. The van der Waals surface area contributed by atoms with Gasteiger partial charge in [-0.25, -0.2) is 17.2 Å². The van der Waals surface area contributed by atoms with Crippen LogP contribution in [-0.2, 0) is 10.0 Å². The molecule has 2 aromatic rings. The van der Waals surface area contributed by atoms with Crippen molar-refractivity contribution in [3.8, 4) is 0 Å². The molecule has 2 atom stereocenters. The Morgan fingerprint density at radius 2 is 1.84 bits per heavy atom. The molecule has 2 aliphatic rings. The van der Waals surface area contributed by atoms with Crippen molar-refractivity contribution in [1.29, 1.82) is 0 Å². The number of rotatable bonds is 4. The van der Waals surface area contributed by atoms with E-state index in [1.54, 1.807) is 4.31 Å². The first kappa shape index (κ1) is 23.1. The van der Waals surface area contributed by atoms with Crippen LogP contribution in [0.15, 0.2) is 41.3 Å². The van der Waals surface area contributed by atoms with E-state index in [-0.39, 0.29) is 38.0 Å². The lowest BCUT2D eigenvalue weighted by molar-refractivity contribution is 0.0722. The van der Waals surface area contributed by atoms with Gasteiger partial charge in [0.1, 0.15) is 0 Å². The maximum atomic E-state index is 13.6. The normalized spacial score (nSPS) is 25.0. The number of anilines is 1. The van der Waals surface area contributed by atoms with Crippen molar-refractivity contribution in [3.05, 3.63) is 58.6 Å². The lowest BCUT2D eigenvalue weighted by atomic mass is 9.60. The van der Waals surface area contributed by atoms with Crippen molar-refractivity contribution in [2.75, 3.05) is 11.9 Å². The molecule has 2 bridgehead atoms. The molecule has 1 aliphatic heterocycles. The molecule has 0 spiro atoms. The summed E-state index contributed by atoms with van der Waals surface area (Å²) in [5, 5.41) is 2.28. The zero-order chi connectivity index (χ0) is 23.5. The Morgan fingerprint density at radius 3 is 2.53 bits per heavy atom. The first-order valence-corrected chi connectivity index (χ1v) is 12.3. The SMILES string of the molecule is CC12CCCC(N(S(=O)(=O)c3cccc(NC(=O)c4cc(F)c(F)cc4Cl)c3)C1)C2(C)C. The molecule has 2 fully saturated rings. The van der Waals surface area contributed by atoms with Gasteiger partial charge in [-0.05, 0) is 54.0 Å². The molecule has 1 heterocycles. The standard InChI is InChI=1S/C23H25ClF2N2O3S/c1-22(2)20-8-5-9-23(22,3)13-28(20)32(30,31)15-7-4-6-14(10-15)27-21(29)16-11-18(25)19(26)12-17(16)24/h4,6-7,10-12,20H,5,8-9,13H2,1-3H3,(H,27,29). The van der Waals surface area contributed by atoms with E-state index in [2.05, 4.69) is 26.1 Å². The average Bonchev–Trinajstić information content (AvgIpc) is 2.84. The minimum absolute atomic E-state index is 0.0682. The second kappa shape index (κ2) is 7.78.